The molecule has 0 amide bonds. The molecule has 2 heteroatoms. The third-order valence-corrected chi connectivity index (χ3v) is 3.35. The van der Waals surface area contributed by atoms with Gasteiger partial charge in [0.1, 0.15) is 0 Å². The van der Waals surface area contributed by atoms with Crippen molar-refractivity contribution in [2.45, 2.75) is 17.7 Å². The predicted molar refractivity (Wildman–Crippen MR) is 59.5 cm³/mol. The predicted octanol–water partition coefficient (Wildman–Crippen LogP) is 3.07. The zero-order chi connectivity index (χ0) is 9.80. The summed E-state index contributed by atoms with van der Waals surface area (Å²) in [6.07, 6.45) is 3.47. The van der Waals surface area contributed by atoms with Crippen molar-refractivity contribution in [1.82, 2.24) is 0 Å². The highest BCUT2D eigenvalue weighted by atomic mass is 32.2. The summed E-state index contributed by atoms with van der Waals surface area (Å²) in [6, 6.07) is 10.3. The van der Waals surface area contributed by atoms with Crippen molar-refractivity contribution in [2.75, 3.05) is 5.75 Å². The molecule has 0 fully saturated rings. The maximum atomic E-state index is 11.0. The topological polar surface area (TPSA) is 17.1 Å². The molecule has 1 aromatic carbocycles. The lowest BCUT2D eigenvalue weighted by molar-refractivity contribution is -0.114. The summed E-state index contributed by atoms with van der Waals surface area (Å²) in [6.45, 7) is 0. The minimum atomic E-state index is 0.286. The van der Waals surface area contributed by atoms with Gasteiger partial charge in [-0.1, -0.05) is 23.8 Å². The molecule has 0 aliphatic heterocycles. The zero-order valence-electron chi connectivity index (χ0n) is 7.90. The van der Waals surface area contributed by atoms with Gasteiger partial charge in [0.25, 0.3) is 0 Å². The Morgan fingerprint density at radius 2 is 1.93 bits per heavy atom. The van der Waals surface area contributed by atoms with Crippen molar-refractivity contribution < 1.29 is 4.79 Å². The molecule has 0 unspecified atom stereocenters. The van der Waals surface area contributed by atoms with Crippen LogP contribution >= 0.6 is 11.8 Å². The van der Waals surface area contributed by atoms with E-state index in [0.717, 1.165) is 12.2 Å². The fraction of sp³-hybridized carbons (Fsp3) is 0.250. The van der Waals surface area contributed by atoms with Gasteiger partial charge in [-0.3, -0.25) is 4.79 Å². The van der Waals surface area contributed by atoms with Crippen LogP contribution in [0.1, 0.15) is 12.8 Å². The van der Waals surface area contributed by atoms with Crippen molar-refractivity contribution in [3.8, 4) is 0 Å². The maximum Gasteiger partial charge on any atom is 0.155 e. The number of thioether (sulfide) groups is 1. The largest absolute Gasteiger partial charge is 0.295 e. The van der Waals surface area contributed by atoms with Crippen LogP contribution in [-0.4, -0.2) is 11.5 Å². The maximum absolute atomic E-state index is 11.0. The standard InChI is InChI=1S/C12H12OS/c13-11-7-6-10(8-11)9-14-12-4-2-1-3-5-12/h1-5,8H,6-7,9H2. The first-order chi connectivity index (χ1) is 6.84. The van der Waals surface area contributed by atoms with Crippen LogP contribution in [0.3, 0.4) is 0 Å². The van der Waals surface area contributed by atoms with Crippen LogP contribution in [0.5, 0.6) is 0 Å². The third-order valence-electron chi connectivity index (χ3n) is 2.23. The van der Waals surface area contributed by atoms with Gasteiger partial charge in [-0.05, 0) is 24.6 Å². The molecule has 0 heterocycles. The van der Waals surface area contributed by atoms with Crippen LogP contribution < -0.4 is 0 Å². The molecule has 0 aromatic heterocycles. The Morgan fingerprint density at radius 3 is 2.57 bits per heavy atom. The Labute approximate surface area is 88.2 Å². The number of allylic oxidation sites excluding steroid dienone is 1. The fourth-order valence-corrected chi connectivity index (χ4v) is 2.39. The second-order valence-electron chi connectivity index (χ2n) is 3.37. The Kier molecular flexibility index (Phi) is 3.04. The van der Waals surface area contributed by atoms with Gasteiger partial charge in [-0.2, -0.15) is 0 Å². The van der Waals surface area contributed by atoms with E-state index < -0.39 is 0 Å². The van der Waals surface area contributed by atoms with Gasteiger partial charge in [-0.25, -0.2) is 0 Å². The molecule has 72 valence electrons. The molecule has 0 spiro atoms. The third kappa shape index (κ3) is 2.48. The molecule has 14 heavy (non-hydrogen) atoms. The Balaban J connectivity index is 1.89. The first-order valence-corrected chi connectivity index (χ1v) is 5.73. The van der Waals surface area contributed by atoms with E-state index in [9.17, 15) is 4.79 Å². The van der Waals surface area contributed by atoms with Crippen molar-refractivity contribution in [1.29, 1.82) is 0 Å². The van der Waals surface area contributed by atoms with E-state index in [1.165, 1.54) is 10.5 Å². The van der Waals surface area contributed by atoms with Gasteiger partial charge in [0, 0.05) is 17.1 Å². The molecule has 0 atom stereocenters. The molecule has 0 saturated heterocycles. The number of carbonyl (C=O) groups is 1. The molecule has 0 saturated carbocycles. The molecular formula is C12H12OS. The Hall–Kier alpha value is -1.02. The van der Waals surface area contributed by atoms with Crippen LogP contribution in [-0.2, 0) is 4.79 Å². The van der Waals surface area contributed by atoms with E-state index >= 15 is 0 Å². The number of hydrogen-bond acceptors (Lipinski definition) is 2. The second kappa shape index (κ2) is 4.47. The van der Waals surface area contributed by atoms with Crippen molar-refractivity contribution >= 4 is 17.5 Å². The van der Waals surface area contributed by atoms with Gasteiger partial charge < -0.3 is 0 Å². The molecule has 0 bridgehead atoms. The van der Waals surface area contributed by atoms with E-state index in [0.29, 0.717) is 6.42 Å². The minimum Gasteiger partial charge on any atom is -0.295 e. The number of carbonyl (C=O) groups excluding carboxylic acids is 1. The number of ketones is 1. The number of benzene rings is 1. The van der Waals surface area contributed by atoms with E-state index in [1.54, 1.807) is 17.8 Å². The van der Waals surface area contributed by atoms with Crippen molar-refractivity contribution in [3.63, 3.8) is 0 Å². The Bertz CT molecular complexity index is 354. The zero-order valence-corrected chi connectivity index (χ0v) is 8.72. The average molecular weight is 204 g/mol. The lowest BCUT2D eigenvalue weighted by Crippen LogP contribution is -1.82. The Morgan fingerprint density at radius 1 is 1.14 bits per heavy atom. The molecule has 1 nitrogen and oxygen atoms in total. The van der Waals surface area contributed by atoms with E-state index in [1.807, 2.05) is 18.2 Å². The first kappa shape index (κ1) is 9.53. The van der Waals surface area contributed by atoms with Gasteiger partial charge in [0.2, 0.25) is 0 Å². The van der Waals surface area contributed by atoms with Crippen LogP contribution in [0.25, 0.3) is 0 Å². The fourth-order valence-electron chi connectivity index (χ4n) is 1.46. The monoisotopic (exact) mass is 204 g/mol. The van der Waals surface area contributed by atoms with Crippen molar-refractivity contribution in [2.24, 2.45) is 0 Å². The van der Waals surface area contributed by atoms with Gasteiger partial charge in [0.05, 0.1) is 0 Å². The molecule has 1 aliphatic carbocycles. The summed E-state index contributed by atoms with van der Waals surface area (Å²) in [7, 11) is 0. The van der Waals surface area contributed by atoms with Gasteiger partial charge >= 0.3 is 0 Å². The summed E-state index contributed by atoms with van der Waals surface area (Å²) in [5, 5.41) is 0. The van der Waals surface area contributed by atoms with Crippen LogP contribution in [0.15, 0.2) is 46.9 Å². The molecule has 0 radical (unpaired) electrons. The highest BCUT2D eigenvalue weighted by Gasteiger charge is 2.11. The smallest absolute Gasteiger partial charge is 0.155 e. The summed E-state index contributed by atoms with van der Waals surface area (Å²) in [5.74, 6) is 1.24. The van der Waals surface area contributed by atoms with E-state index in [2.05, 4.69) is 12.1 Å². The normalized spacial score (nSPS) is 15.7. The summed E-state index contributed by atoms with van der Waals surface area (Å²) in [5.41, 5.74) is 1.28. The summed E-state index contributed by atoms with van der Waals surface area (Å²) < 4.78 is 0. The molecule has 1 aromatic rings. The molecule has 1 aliphatic rings. The molecular weight excluding hydrogens is 192 g/mol. The van der Waals surface area contributed by atoms with E-state index in [-0.39, 0.29) is 5.78 Å². The minimum absolute atomic E-state index is 0.286. The van der Waals surface area contributed by atoms with Crippen molar-refractivity contribution in [3.05, 3.63) is 42.0 Å². The molecule has 0 N–H and O–H groups in total. The highest BCUT2D eigenvalue weighted by Crippen LogP contribution is 2.24. The van der Waals surface area contributed by atoms with Gasteiger partial charge in [-0.15, -0.1) is 11.8 Å². The lowest BCUT2D eigenvalue weighted by atomic mass is 10.3. The summed E-state index contributed by atoms with van der Waals surface area (Å²) >= 11 is 1.80. The second-order valence-corrected chi connectivity index (χ2v) is 4.42. The number of rotatable bonds is 3. The van der Waals surface area contributed by atoms with E-state index in [4.69, 9.17) is 0 Å². The van der Waals surface area contributed by atoms with Crippen LogP contribution in [0.4, 0.5) is 0 Å². The first-order valence-electron chi connectivity index (χ1n) is 4.75. The van der Waals surface area contributed by atoms with Crippen LogP contribution in [0.2, 0.25) is 0 Å². The highest BCUT2D eigenvalue weighted by molar-refractivity contribution is 7.99. The average Bonchev–Trinajstić information content (AvgIpc) is 2.63. The van der Waals surface area contributed by atoms with Crippen LogP contribution in [0, 0.1) is 0 Å². The lowest BCUT2D eigenvalue weighted by Gasteiger charge is -2.00. The number of hydrogen-bond donors (Lipinski definition) is 0. The SMILES string of the molecule is O=C1C=C(CSc2ccccc2)CC1. The van der Waals surface area contributed by atoms with Gasteiger partial charge in [0.15, 0.2) is 5.78 Å². The quantitative estimate of drug-likeness (QED) is 0.704. The summed E-state index contributed by atoms with van der Waals surface area (Å²) in [4.78, 5) is 12.3. The molecule has 2 rings (SSSR count).